The number of hydrogen-bond acceptors (Lipinski definition) is 2. The summed E-state index contributed by atoms with van der Waals surface area (Å²) in [6.07, 6.45) is 6.13. The van der Waals surface area contributed by atoms with Crippen LogP contribution >= 0.6 is 15.9 Å². The zero-order valence-corrected chi connectivity index (χ0v) is 12.2. The highest BCUT2D eigenvalue weighted by Gasteiger charge is 2.24. The van der Waals surface area contributed by atoms with Gasteiger partial charge in [-0.25, -0.2) is 9.37 Å². The molecular formula is C14H17BrFN3. The van der Waals surface area contributed by atoms with Crippen molar-refractivity contribution in [2.45, 2.75) is 38.1 Å². The predicted octanol–water partition coefficient (Wildman–Crippen LogP) is 4.04. The van der Waals surface area contributed by atoms with E-state index in [-0.39, 0.29) is 11.9 Å². The normalized spacial score (nSPS) is 18.9. The van der Waals surface area contributed by atoms with E-state index in [2.05, 4.69) is 25.9 Å². The average Bonchev–Trinajstić information content (AvgIpc) is 2.82. The minimum Gasteiger partial charge on any atom is -0.341 e. The summed E-state index contributed by atoms with van der Waals surface area (Å²) in [7, 11) is 0. The molecule has 2 aromatic rings. The second kappa shape index (κ2) is 5.21. The molecular weight excluding hydrogens is 309 g/mol. The van der Waals surface area contributed by atoms with Gasteiger partial charge >= 0.3 is 0 Å². The van der Waals surface area contributed by atoms with Gasteiger partial charge in [0.05, 0.1) is 21.5 Å². The maximum atomic E-state index is 13.5. The molecule has 1 fully saturated rings. The van der Waals surface area contributed by atoms with Gasteiger partial charge in [0, 0.05) is 6.07 Å². The molecule has 0 spiro atoms. The van der Waals surface area contributed by atoms with Crippen molar-refractivity contribution in [1.82, 2.24) is 9.97 Å². The highest BCUT2D eigenvalue weighted by atomic mass is 79.9. The quantitative estimate of drug-likeness (QED) is 0.875. The Labute approximate surface area is 119 Å². The number of hydrogen-bond donors (Lipinski definition) is 2. The van der Waals surface area contributed by atoms with E-state index in [1.165, 1.54) is 25.3 Å². The predicted molar refractivity (Wildman–Crippen MR) is 77.3 cm³/mol. The fourth-order valence-electron chi connectivity index (χ4n) is 2.90. The Morgan fingerprint density at radius 2 is 2.05 bits per heavy atom. The van der Waals surface area contributed by atoms with Crippen molar-refractivity contribution in [2.75, 3.05) is 0 Å². The van der Waals surface area contributed by atoms with Gasteiger partial charge in [0.25, 0.3) is 0 Å². The van der Waals surface area contributed by atoms with Gasteiger partial charge in [-0.15, -0.1) is 0 Å². The third-order valence-corrected chi connectivity index (χ3v) is 4.62. The van der Waals surface area contributed by atoms with Crippen LogP contribution in [0, 0.1) is 11.7 Å². The number of halogens is 2. The van der Waals surface area contributed by atoms with Crippen molar-refractivity contribution in [3.05, 3.63) is 28.2 Å². The smallest absolute Gasteiger partial charge is 0.139 e. The number of nitrogens with two attached hydrogens (primary N) is 1. The summed E-state index contributed by atoms with van der Waals surface area (Å²) < 4.78 is 13.9. The van der Waals surface area contributed by atoms with Crippen LogP contribution in [-0.2, 0) is 0 Å². The maximum absolute atomic E-state index is 13.5. The lowest BCUT2D eigenvalue weighted by atomic mass is 9.84. The fourth-order valence-corrected chi connectivity index (χ4v) is 3.23. The van der Waals surface area contributed by atoms with Crippen molar-refractivity contribution in [1.29, 1.82) is 0 Å². The Morgan fingerprint density at radius 3 is 2.79 bits per heavy atom. The van der Waals surface area contributed by atoms with Crippen LogP contribution in [-0.4, -0.2) is 9.97 Å². The molecule has 3 rings (SSSR count). The Balaban J connectivity index is 1.91. The van der Waals surface area contributed by atoms with E-state index in [1.54, 1.807) is 6.07 Å². The first-order chi connectivity index (χ1) is 9.15. The van der Waals surface area contributed by atoms with Crippen molar-refractivity contribution >= 4 is 27.0 Å². The molecule has 1 heterocycles. The van der Waals surface area contributed by atoms with Gasteiger partial charge in [-0.05, 0) is 40.8 Å². The molecule has 102 valence electrons. The van der Waals surface area contributed by atoms with Crippen LogP contribution in [0.4, 0.5) is 4.39 Å². The van der Waals surface area contributed by atoms with E-state index >= 15 is 0 Å². The van der Waals surface area contributed by atoms with Crippen molar-refractivity contribution in [3.8, 4) is 0 Å². The molecule has 1 aromatic heterocycles. The lowest BCUT2D eigenvalue weighted by Gasteiger charge is -2.26. The van der Waals surface area contributed by atoms with Gasteiger partial charge in [0.15, 0.2) is 0 Å². The lowest BCUT2D eigenvalue weighted by molar-refractivity contribution is 0.302. The summed E-state index contributed by atoms with van der Waals surface area (Å²) in [5, 5.41) is 0. The summed E-state index contributed by atoms with van der Waals surface area (Å²) in [5.41, 5.74) is 7.78. The minimum absolute atomic E-state index is 0.0745. The first kappa shape index (κ1) is 13.1. The van der Waals surface area contributed by atoms with Gasteiger partial charge in [-0.3, -0.25) is 0 Å². The largest absolute Gasteiger partial charge is 0.341 e. The first-order valence-corrected chi connectivity index (χ1v) is 7.54. The highest BCUT2D eigenvalue weighted by molar-refractivity contribution is 9.10. The summed E-state index contributed by atoms with van der Waals surface area (Å²) in [6, 6.07) is 3.08. The number of imidazole rings is 1. The summed E-state index contributed by atoms with van der Waals surface area (Å²) in [6.45, 7) is 0. The fraction of sp³-hybridized carbons (Fsp3) is 0.500. The number of aromatic amines is 1. The number of nitrogens with zero attached hydrogens (tertiary/aromatic N) is 1. The van der Waals surface area contributed by atoms with Crippen LogP contribution < -0.4 is 5.73 Å². The van der Waals surface area contributed by atoms with Gasteiger partial charge < -0.3 is 10.7 Å². The summed E-state index contributed by atoms with van der Waals surface area (Å²) in [5.74, 6) is 0.982. The number of fused-ring (bicyclic) bond motifs is 1. The zero-order valence-electron chi connectivity index (χ0n) is 10.6. The van der Waals surface area contributed by atoms with Crippen LogP contribution in [0.25, 0.3) is 11.0 Å². The second-order valence-electron chi connectivity index (χ2n) is 5.33. The Hall–Kier alpha value is -0.940. The third kappa shape index (κ3) is 2.54. The van der Waals surface area contributed by atoms with Crippen molar-refractivity contribution in [2.24, 2.45) is 11.7 Å². The molecule has 3 nitrogen and oxygen atoms in total. The summed E-state index contributed by atoms with van der Waals surface area (Å²) >= 11 is 3.18. The molecule has 1 saturated carbocycles. The van der Waals surface area contributed by atoms with E-state index in [9.17, 15) is 4.39 Å². The van der Waals surface area contributed by atoms with E-state index in [0.29, 0.717) is 15.9 Å². The molecule has 1 aliphatic carbocycles. The monoisotopic (exact) mass is 325 g/mol. The Morgan fingerprint density at radius 1 is 1.32 bits per heavy atom. The van der Waals surface area contributed by atoms with Crippen LogP contribution in [0.3, 0.4) is 0 Å². The Kier molecular flexibility index (Phi) is 3.58. The SMILES string of the molecule is NC(c1nc2cc(Br)c(F)cc2[nH]1)C1CCCCC1. The molecule has 1 unspecified atom stereocenters. The molecule has 0 amide bonds. The van der Waals surface area contributed by atoms with Gasteiger partial charge in [-0.1, -0.05) is 19.3 Å². The van der Waals surface area contributed by atoms with E-state index in [0.717, 1.165) is 24.2 Å². The van der Waals surface area contributed by atoms with Gasteiger partial charge in [0.2, 0.25) is 0 Å². The van der Waals surface area contributed by atoms with Crippen molar-refractivity contribution in [3.63, 3.8) is 0 Å². The molecule has 5 heteroatoms. The minimum atomic E-state index is -0.283. The number of H-pyrrole nitrogens is 1. The molecule has 1 aromatic carbocycles. The third-order valence-electron chi connectivity index (χ3n) is 4.02. The molecule has 0 radical (unpaired) electrons. The molecule has 0 bridgehead atoms. The Bertz CT molecular complexity index is 551. The number of rotatable bonds is 2. The average molecular weight is 326 g/mol. The first-order valence-electron chi connectivity index (χ1n) is 6.75. The number of benzene rings is 1. The van der Waals surface area contributed by atoms with Crippen LogP contribution in [0.5, 0.6) is 0 Å². The standard InChI is InChI=1S/C14H17BrFN3/c15-9-6-11-12(7-10(9)16)19-14(18-11)13(17)8-4-2-1-3-5-8/h6-8,13H,1-5,17H2,(H,18,19). The van der Waals surface area contributed by atoms with E-state index in [4.69, 9.17) is 5.73 Å². The van der Waals surface area contributed by atoms with E-state index < -0.39 is 0 Å². The molecule has 0 saturated heterocycles. The number of nitrogens with one attached hydrogen (secondary N) is 1. The van der Waals surface area contributed by atoms with Gasteiger partial charge in [-0.2, -0.15) is 0 Å². The lowest BCUT2D eigenvalue weighted by Crippen LogP contribution is -2.24. The zero-order chi connectivity index (χ0) is 13.4. The molecule has 1 atom stereocenters. The summed E-state index contributed by atoms with van der Waals surface area (Å²) in [4.78, 5) is 7.68. The number of aromatic nitrogens is 2. The molecule has 0 aliphatic heterocycles. The molecule has 1 aliphatic rings. The van der Waals surface area contributed by atoms with Gasteiger partial charge in [0.1, 0.15) is 11.6 Å². The van der Waals surface area contributed by atoms with E-state index in [1.807, 2.05) is 0 Å². The maximum Gasteiger partial charge on any atom is 0.139 e. The topological polar surface area (TPSA) is 54.7 Å². The van der Waals surface area contributed by atoms with Crippen LogP contribution in [0.2, 0.25) is 0 Å². The highest BCUT2D eigenvalue weighted by Crippen LogP contribution is 2.33. The molecule has 19 heavy (non-hydrogen) atoms. The van der Waals surface area contributed by atoms with Crippen LogP contribution in [0.1, 0.15) is 44.0 Å². The molecule has 3 N–H and O–H groups in total. The van der Waals surface area contributed by atoms with Crippen molar-refractivity contribution < 1.29 is 4.39 Å². The second-order valence-corrected chi connectivity index (χ2v) is 6.18. The van der Waals surface area contributed by atoms with Crippen LogP contribution in [0.15, 0.2) is 16.6 Å².